The molecule has 0 N–H and O–H groups in total. The van der Waals surface area contributed by atoms with Crippen molar-refractivity contribution in [2.24, 2.45) is 11.3 Å². The summed E-state index contributed by atoms with van der Waals surface area (Å²) in [5, 5.41) is 10.4. The van der Waals surface area contributed by atoms with Crippen molar-refractivity contribution in [2.45, 2.75) is 34.1 Å². The van der Waals surface area contributed by atoms with E-state index < -0.39 is 11.4 Å². The molecule has 0 heterocycles. The average Bonchev–Trinajstić information content (AvgIpc) is 1.60. The minimum Gasteiger partial charge on any atom is -0.550 e. The van der Waals surface area contributed by atoms with Crippen molar-refractivity contribution in [3.8, 4) is 0 Å². The second kappa shape index (κ2) is 4.78. The van der Waals surface area contributed by atoms with E-state index in [4.69, 9.17) is 0 Å². The molecule has 0 unspecified atom stereocenters. The van der Waals surface area contributed by atoms with Gasteiger partial charge in [-0.2, -0.15) is 0 Å². The number of carboxylic acids is 1. The Labute approximate surface area is 78.8 Å². The molecule has 11 heavy (non-hydrogen) atoms. The molecule has 0 fully saturated rings. The van der Waals surface area contributed by atoms with E-state index in [1.54, 1.807) is 13.8 Å². The van der Waals surface area contributed by atoms with Crippen LogP contribution in [-0.2, 0) is 21.9 Å². The molecule has 0 aromatic heterocycles. The monoisotopic (exact) mass is 206 g/mol. The van der Waals surface area contributed by atoms with E-state index >= 15 is 0 Å². The first-order valence-electron chi connectivity index (χ1n) is 3.57. The molecule has 0 aromatic rings. The molecular formula is C8H15CuO2. The first kappa shape index (κ1) is 13.6. The topological polar surface area (TPSA) is 40.1 Å². The number of rotatable bonds is 3. The molecule has 0 aromatic carbocycles. The summed E-state index contributed by atoms with van der Waals surface area (Å²) in [7, 11) is 0. The summed E-state index contributed by atoms with van der Waals surface area (Å²) in [6.45, 7) is 7.40. The zero-order valence-corrected chi connectivity index (χ0v) is 8.34. The zero-order chi connectivity index (χ0) is 8.36. The second-order valence-electron chi connectivity index (χ2n) is 3.77. The Hall–Kier alpha value is -0.0105. The van der Waals surface area contributed by atoms with Crippen LogP contribution in [0.4, 0.5) is 0 Å². The molecule has 70 valence electrons. The van der Waals surface area contributed by atoms with Crippen molar-refractivity contribution in [1.82, 2.24) is 0 Å². The number of carbonyl (C=O) groups is 1. The third-order valence-corrected chi connectivity index (χ3v) is 1.47. The number of hydrogen-bond donors (Lipinski definition) is 0. The Morgan fingerprint density at radius 3 is 1.91 bits per heavy atom. The fourth-order valence-corrected chi connectivity index (χ4v) is 1.10. The maximum Gasteiger partial charge on any atom is 1.00 e. The van der Waals surface area contributed by atoms with Gasteiger partial charge in [-0.15, -0.1) is 0 Å². The van der Waals surface area contributed by atoms with Crippen molar-refractivity contribution in [1.29, 1.82) is 0 Å². The Morgan fingerprint density at radius 1 is 1.45 bits per heavy atom. The molecule has 3 heteroatoms. The zero-order valence-electron chi connectivity index (χ0n) is 7.40. The smallest absolute Gasteiger partial charge is 0.550 e. The molecule has 0 radical (unpaired) electrons. The molecular weight excluding hydrogens is 192 g/mol. The second-order valence-corrected chi connectivity index (χ2v) is 3.77. The van der Waals surface area contributed by atoms with Gasteiger partial charge in [0.25, 0.3) is 0 Å². The fraction of sp³-hybridized carbons (Fsp3) is 0.875. The van der Waals surface area contributed by atoms with Crippen LogP contribution in [0.5, 0.6) is 0 Å². The largest absolute Gasteiger partial charge is 1.00 e. The van der Waals surface area contributed by atoms with Gasteiger partial charge < -0.3 is 9.90 Å². The molecule has 0 aliphatic carbocycles. The van der Waals surface area contributed by atoms with Crippen molar-refractivity contribution in [2.75, 3.05) is 0 Å². The van der Waals surface area contributed by atoms with E-state index in [0.717, 1.165) is 0 Å². The van der Waals surface area contributed by atoms with Crippen molar-refractivity contribution in [3.63, 3.8) is 0 Å². The summed E-state index contributed by atoms with van der Waals surface area (Å²) >= 11 is 0. The molecule has 0 aliphatic heterocycles. The quantitative estimate of drug-likeness (QED) is 0.642. The maximum absolute atomic E-state index is 10.4. The number of hydrogen-bond acceptors (Lipinski definition) is 2. The fourth-order valence-electron chi connectivity index (χ4n) is 1.10. The van der Waals surface area contributed by atoms with Crippen molar-refractivity contribution >= 4 is 5.97 Å². The molecule has 0 atom stereocenters. The van der Waals surface area contributed by atoms with Crippen LogP contribution in [0.3, 0.4) is 0 Å². The summed E-state index contributed by atoms with van der Waals surface area (Å²) < 4.78 is 0. The molecule has 0 spiro atoms. The van der Waals surface area contributed by atoms with Gasteiger partial charge >= 0.3 is 17.1 Å². The predicted molar refractivity (Wildman–Crippen MR) is 38.2 cm³/mol. The first-order valence-corrected chi connectivity index (χ1v) is 3.57. The standard InChI is InChI=1S/C8H16O2.Cu/c1-6(2)5-8(3,4)7(9)10;/h6H,5H2,1-4H3,(H,9,10);/q;+1/p-1. The molecule has 0 aliphatic rings. The maximum atomic E-state index is 10.4. The summed E-state index contributed by atoms with van der Waals surface area (Å²) in [5.74, 6) is -0.547. The van der Waals surface area contributed by atoms with E-state index in [1.807, 2.05) is 13.8 Å². The minimum absolute atomic E-state index is 0. The number of aliphatic carboxylic acids is 1. The molecule has 0 saturated carbocycles. The Kier molecular flexibility index (Phi) is 5.90. The van der Waals surface area contributed by atoms with Crippen LogP contribution in [0.1, 0.15) is 34.1 Å². The summed E-state index contributed by atoms with van der Waals surface area (Å²) in [6, 6.07) is 0. The molecule has 0 saturated heterocycles. The molecule has 0 rings (SSSR count). The number of carbonyl (C=O) groups excluding carboxylic acids is 1. The van der Waals surface area contributed by atoms with Gasteiger partial charge in [0.15, 0.2) is 0 Å². The summed E-state index contributed by atoms with van der Waals surface area (Å²) in [4.78, 5) is 10.4. The van der Waals surface area contributed by atoms with Crippen LogP contribution in [0, 0.1) is 11.3 Å². The Morgan fingerprint density at radius 2 is 1.82 bits per heavy atom. The Bertz CT molecular complexity index is 130. The predicted octanol–water partition coefficient (Wildman–Crippen LogP) is 0.806. The average molecular weight is 207 g/mol. The van der Waals surface area contributed by atoms with Crippen LogP contribution in [-0.4, -0.2) is 5.97 Å². The van der Waals surface area contributed by atoms with E-state index in [1.165, 1.54) is 0 Å². The minimum atomic E-state index is -0.957. The number of carboxylic acid groups (broad SMARTS) is 1. The van der Waals surface area contributed by atoms with Gasteiger partial charge in [0.1, 0.15) is 0 Å². The third kappa shape index (κ3) is 5.28. The Balaban J connectivity index is 0. The molecule has 2 nitrogen and oxygen atoms in total. The normalized spacial score (nSPS) is 11.0. The van der Waals surface area contributed by atoms with Crippen LogP contribution in [0.15, 0.2) is 0 Å². The van der Waals surface area contributed by atoms with E-state index in [9.17, 15) is 9.90 Å². The van der Waals surface area contributed by atoms with E-state index in [0.29, 0.717) is 12.3 Å². The molecule has 0 amide bonds. The summed E-state index contributed by atoms with van der Waals surface area (Å²) in [6.07, 6.45) is 0.676. The van der Waals surface area contributed by atoms with Gasteiger partial charge in [-0.1, -0.05) is 27.7 Å². The van der Waals surface area contributed by atoms with Gasteiger partial charge in [-0.25, -0.2) is 0 Å². The van der Waals surface area contributed by atoms with Crippen molar-refractivity contribution in [3.05, 3.63) is 0 Å². The van der Waals surface area contributed by atoms with Gasteiger partial charge in [0.2, 0.25) is 0 Å². The van der Waals surface area contributed by atoms with Gasteiger partial charge in [0.05, 0.1) is 0 Å². The molecule has 0 bridgehead atoms. The SMILES string of the molecule is CC(C)CC(C)(C)C(=O)[O-].[Cu+]. The van der Waals surface area contributed by atoms with Gasteiger partial charge in [0, 0.05) is 11.4 Å². The summed E-state index contributed by atoms with van der Waals surface area (Å²) in [5.41, 5.74) is -0.672. The van der Waals surface area contributed by atoms with Crippen LogP contribution in [0.2, 0.25) is 0 Å². The van der Waals surface area contributed by atoms with Crippen LogP contribution >= 0.6 is 0 Å². The van der Waals surface area contributed by atoms with Crippen LogP contribution in [0.25, 0.3) is 0 Å². The van der Waals surface area contributed by atoms with E-state index in [2.05, 4.69) is 0 Å². The third-order valence-electron chi connectivity index (χ3n) is 1.47. The van der Waals surface area contributed by atoms with E-state index in [-0.39, 0.29) is 17.1 Å². The van der Waals surface area contributed by atoms with Gasteiger partial charge in [-0.3, -0.25) is 0 Å². The van der Waals surface area contributed by atoms with Gasteiger partial charge in [-0.05, 0) is 12.3 Å². The van der Waals surface area contributed by atoms with Crippen molar-refractivity contribution < 1.29 is 27.0 Å². The van der Waals surface area contributed by atoms with Crippen LogP contribution < -0.4 is 5.11 Å². The first-order chi connectivity index (χ1) is 4.36.